The second-order valence-corrected chi connectivity index (χ2v) is 7.37. The van der Waals surface area contributed by atoms with Crippen molar-refractivity contribution in [2.75, 3.05) is 0 Å². The van der Waals surface area contributed by atoms with Crippen molar-refractivity contribution in [3.05, 3.63) is 3.57 Å². The molecule has 0 spiro atoms. The zero-order chi connectivity index (χ0) is 16.6. The van der Waals surface area contributed by atoms with Gasteiger partial charge in [-0.3, -0.25) is 0 Å². The van der Waals surface area contributed by atoms with Gasteiger partial charge in [-0.15, -0.1) is 0 Å². The van der Waals surface area contributed by atoms with E-state index in [9.17, 15) is 39.5 Å². The summed E-state index contributed by atoms with van der Waals surface area (Å²) in [5, 5.41) is -1.84. The Bertz CT molecular complexity index is 503. The van der Waals surface area contributed by atoms with E-state index in [1.165, 1.54) is 0 Å². The van der Waals surface area contributed by atoms with Crippen LogP contribution in [0.25, 0.3) is 0 Å². The summed E-state index contributed by atoms with van der Waals surface area (Å²) >= 11 is -1.50. The van der Waals surface area contributed by atoms with Crippen LogP contribution < -0.4 is 0 Å². The highest BCUT2D eigenvalue weighted by molar-refractivity contribution is 14.1. The van der Waals surface area contributed by atoms with E-state index >= 15 is 0 Å². The first-order valence-electron chi connectivity index (χ1n) is 4.36. The molecule has 0 aliphatic heterocycles. The smallest absolute Gasteiger partial charge is 0.343 e. The molecule has 0 saturated carbocycles. The van der Waals surface area contributed by atoms with Gasteiger partial charge in [0.2, 0.25) is 0 Å². The molecule has 0 unspecified atom stereocenters. The van der Waals surface area contributed by atoms with Crippen LogP contribution in [0.4, 0.5) is 39.5 Å². The number of H-pyrrole nitrogens is 1. The molecule has 122 valence electrons. The molecule has 0 aliphatic rings. The van der Waals surface area contributed by atoms with Gasteiger partial charge < -0.3 is 4.98 Å². The molecule has 0 fully saturated rings. The maximum Gasteiger partial charge on any atom is 0.447 e. The van der Waals surface area contributed by atoms with Crippen molar-refractivity contribution in [3.63, 3.8) is 0 Å². The maximum absolute atomic E-state index is 12.3. The van der Waals surface area contributed by atoms with Crippen LogP contribution in [0.2, 0.25) is 0 Å². The van der Waals surface area contributed by atoms with Crippen molar-refractivity contribution < 1.29 is 39.5 Å². The van der Waals surface area contributed by atoms with Crippen molar-refractivity contribution in [2.45, 2.75) is 31.5 Å². The second kappa shape index (κ2) is 6.51. The Balaban J connectivity index is 3.23. The van der Waals surface area contributed by atoms with Crippen molar-refractivity contribution in [1.29, 1.82) is 0 Å². The summed E-state index contributed by atoms with van der Waals surface area (Å²) in [4.78, 5) is 0.810. The van der Waals surface area contributed by atoms with E-state index in [1.807, 2.05) is 0 Å². The SMILES string of the molecule is FC(F)(F)Sc1[nH]c(SC(F)(F)F)c(SC(F)(F)F)c1I. The normalized spacial score (nSPS) is 13.8. The minimum Gasteiger partial charge on any atom is -0.343 e. The Hall–Kier alpha value is 0.430. The average Bonchev–Trinajstić information content (AvgIpc) is 2.39. The van der Waals surface area contributed by atoms with Gasteiger partial charge in [-0.1, -0.05) is 0 Å². The summed E-state index contributed by atoms with van der Waals surface area (Å²) in [6.45, 7) is 0. The van der Waals surface area contributed by atoms with E-state index in [1.54, 1.807) is 4.98 Å². The van der Waals surface area contributed by atoms with E-state index in [0.29, 0.717) is 0 Å². The molecule has 1 heterocycles. The molecule has 21 heavy (non-hydrogen) atoms. The molecule has 1 rings (SSSR count). The third kappa shape index (κ3) is 7.02. The van der Waals surface area contributed by atoms with Crippen LogP contribution in [0, 0.1) is 3.57 Å². The quantitative estimate of drug-likeness (QED) is 0.296. The monoisotopic (exact) mass is 493 g/mol. The predicted molar refractivity (Wildman–Crippen MR) is 69.2 cm³/mol. The number of halogens is 10. The zero-order valence-corrected chi connectivity index (χ0v) is 13.6. The first-order valence-corrected chi connectivity index (χ1v) is 7.89. The van der Waals surface area contributed by atoms with Gasteiger partial charge >= 0.3 is 16.5 Å². The van der Waals surface area contributed by atoms with Crippen molar-refractivity contribution in [2.24, 2.45) is 0 Å². The Kier molecular flexibility index (Phi) is 6.03. The van der Waals surface area contributed by atoms with E-state index in [2.05, 4.69) is 0 Å². The lowest BCUT2D eigenvalue weighted by atomic mass is 10.7. The van der Waals surface area contributed by atoms with E-state index in [4.69, 9.17) is 0 Å². The second-order valence-electron chi connectivity index (χ2n) is 3.07. The number of thioether (sulfide) groups is 3. The molecule has 0 bridgehead atoms. The number of hydrogen-bond acceptors (Lipinski definition) is 3. The van der Waals surface area contributed by atoms with Crippen LogP contribution in [0.3, 0.4) is 0 Å². The fourth-order valence-electron chi connectivity index (χ4n) is 0.998. The van der Waals surface area contributed by atoms with Crippen LogP contribution in [0.1, 0.15) is 0 Å². The third-order valence-electron chi connectivity index (χ3n) is 1.49. The lowest BCUT2D eigenvalue weighted by Crippen LogP contribution is -2.03. The van der Waals surface area contributed by atoms with Gasteiger partial charge in [-0.05, 0) is 34.4 Å². The van der Waals surface area contributed by atoms with Gasteiger partial charge in [-0.25, -0.2) is 0 Å². The van der Waals surface area contributed by atoms with Gasteiger partial charge in [0.25, 0.3) is 0 Å². The van der Waals surface area contributed by atoms with Crippen molar-refractivity contribution in [1.82, 2.24) is 4.98 Å². The van der Waals surface area contributed by atoms with Gasteiger partial charge in [0.1, 0.15) is 0 Å². The van der Waals surface area contributed by atoms with Crippen LogP contribution in [0.15, 0.2) is 14.9 Å². The van der Waals surface area contributed by atoms with Crippen LogP contribution in [0.5, 0.6) is 0 Å². The van der Waals surface area contributed by atoms with Crippen molar-refractivity contribution >= 4 is 57.9 Å². The lowest BCUT2D eigenvalue weighted by molar-refractivity contribution is -0.0347. The van der Waals surface area contributed by atoms with Crippen molar-refractivity contribution in [3.8, 4) is 0 Å². The Labute approximate surface area is 137 Å². The van der Waals surface area contributed by atoms with E-state index in [0.717, 1.165) is 22.6 Å². The molecule has 1 aromatic heterocycles. The Morgan fingerprint density at radius 3 is 1.43 bits per heavy atom. The summed E-state index contributed by atoms with van der Waals surface area (Å²) in [6.07, 6.45) is 0. The number of hydrogen-bond donors (Lipinski definition) is 1. The van der Waals surface area contributed by atoms with Gasteiger partial charge in [0.05, 0.1) is 18.5 Å². The zero-order valence-electron chi connectivity index (χ0n) is 9.00. The third-order valence-corrected chi connectivity index (χ3v) is 5.75. The number of rotatable bonds is 3. The predicted octanol–water partition coefficient (Wildman–Crippen LogP) is 6.46. The Morgan fingerprint density at radius 1 is 0.667 bits per heavy atom. The van der Waals surface area contributed by atoms with E-state index in [-0.39, 0.29) is 0 Å². The minimum absolute atomic E-state index is 0.566. The standard InChI is InChI=1S/C7HF9INS3/c8-5(9,10)19-2-1(17)3(20-6(11,12)13)18-4(2)21-7(14,15)16/h18H. The Morgan fingerprint density at radius 2 is 1.05 bits per heavy atom. The van der Waals surface area contributed by atoms with Gasteiger partial charge in [-0.2, -0.15) is 39.5 Å². The summed E-state index contributed by atoms with van der Waals surface area (Å²) in [5.74, 6) is 0. The molecule has 1 nitrogen and oxygen atoms in total. The molecular weight excluding hydrogens is 492 g/mol. The molecule has 1 N–H and O–H groups in total. The fraction of sp³-hybridized carbons (Fsp3) is 0.429. The summed E-state index contributed by atoms with van der Waals surface area (Å²) < 4.78 is 110. The highest BCUT2D eigenvalue weighted by atomic mass is 127. The molecule has 0 radical (unpaired) electrons. The maximum atomic E-state index is 12.3. The van der Waals surface area contributed by atoms with Gasteiger partial charge in [0, 0.05) is 23.5 Å². The highest BCUT2D eigenvalue weighted by Gasteiger charge is 2.40. The topological polar surface area (TPSA) is 15.8 Å². The molecule has 1 aromatic rings. The summed E-state index contributed by atoms with van der Waals surface area (Å²) in [7, 11) is 0. The highest BCUT2D eigenvalue weighted by Crippen LogP contribution is 2.51. The number of nitrogens with one attached hydrogen (secondary N) is 1. The van der Waals surface area contributed by atoms with Crippen LogP contribution >= 0.6 is 57.9 Å². The van der Waals surface area contributed by atoms with Gasteiger partial charge in [0.15, 0.2) is 0 Å². The summed E-state index contributed by atoms with van der Waals surface area (Å²) in [6, 6.07) is 0. The van der Waals surface area contributed by atoms with Crippen LogP contribution in [-0.2, 0) is 0 Å². The first-order chi connectivity index (χ1) is 9.18. The fourth-order valence-corrected chi connectivity index (χ4v) is 4.35. The van der Waals surface area contributed by atoms with Crippen LogP contribution in [-0.4, -0.2) is 21.5 Å². The molecule has 0 aliphatic carbocycles. The molecule has 14 heteroatoms. The number of alkyl halides is 9. The largest absolute Gasteiger partial charge is 0.447 e. The first kappa shape index (κ1) is 19.5. The average molecular weight is 493 g/mol. The number of aromatic nitrogens is 1. The number of aromatic amines is 1. The lowest BCUT2D eigenvalue weighted by Gasteiger charge is -2.08. The minimum atomic E-state index is -4.94. The molecule has 0 saturated heterocycles. The molecular formula is C7HF9INS3. The molecule has 0 atom stereocenters. The van der Waals surface area contributed by atoms with E-state index < -0.39 is 70.3 Å². The molecule has 0 aromatic carbocycles. The summed E-state index contributed by atoms with van der Waals surface area (Å²) in [5.41, 5.74) is -14.7. The molecule has 0 amide bonds.